The SMILES string of the molecule is CCCON=C(COc1cc(CNS(C)(=O)=O)cc(C(=O)O)c1)c1cc(-c2ccc(F)cc2)no1. The van der Waals surface area contributed by atoms with Gasteiger partial charge in [0.1, 0.15) is 30.5 Å². The molecule has 3 rings (SSSR count). The molecule has 0 amide bonds. The molecule has 1 aromatic heterocycles. The third-order valence-corrected chi connectivity index (χ3v) is 5.20. The van der Waals surface area contributed by atoms with Crippen LogP contribution >= 0.6 is 0 Å². The molecule has 0 aliphatic heterocycles. The number of aromatic carboxylic acids is 1. The molecule has 10 nitrogen and oxygen atoms in total. The Labute approximate surface area is 201 Å². The van der Waals surface area contributed by atoms with Crippen LogP contribution in [0.15, 0.2) is 58.2 Å². The van der Waals surface area contributed by atoms with Gasteiger partial charge in [0.2, 0.25) is 10.0 Å². The van der Waals surface area contributed by atoms with E-state index in [-0.39, 0.29) is 41.8 Å². The third-order valence-electron chi connectivity index (χ3n) is 4.53. The molecule has 0 aliphatic carbocycles. The molecular weight excluding hydrogens is 481 g/mol. The second kappa shape index (κ2) is 11.6. The Morgan fingerprint density at radius 3 is 2.60 bits per heavy atom. The maximum Gasteiger partial charge on any atom is 0.335 e. The molecule has 186 valence electrons. The lowest BCUT2D eigenvalue weighted by Gasteiger charge is -2.11. The summed E-state index contributed by atoms with van der Waals surface area (Å²) >= 11 is 0. The van der Waals surface area contributed by atoms with Crippen LogP contribution < -0.4 is 9.46 Å². The van der Waals surface area contributed by atoms with Gasteiger partial charge in [0.05, 0.1) is 11.8 Å². The highest BCUT2D eigenvalue weighted by molar-refractivity contribution is 7.88. The van der Waals surface area contributed by atoms with E-state index in [1.807, 2.05) is 6.92 Å². The average molecular weight is 506 g/mol. The summed E-state index contributed by atoms with van der Waals surface area (Å²) in [6.07, 6.45) is 1.72. The van der Waals surface area contributed by atoms with Gasteiger partial charge in [-0.25, -0.2) is 22.3 Å². The molecule has 12 heteroatoms. The van der Waals surface area contributed by atoms with Crippen molar-refractivity contribution in [3.8, 4) is 17.0 Å². The largest absolute Gasteiger partial charge is 0.487 e. The molecule has 0 radical (unpaired) electrons. The van der Waals surface area contributed by atoms with E-state index < -0.39 is 16.0 Å². The zero-order chi connectivity index (χ0) is 25.4. The summed E-state index contributed by atoms with van der Waals surface area (Å²) in [4.78, 5) is 16.8. The van der Waals surface area contributed by atoms with Crippen LogP contribution in [0.2, 0.25) is 0 Å². The van der Waals surface area contributed by atoms with Crippen molar-refractivity contribution >= 4 is 21.7 Å². The molecular formula is C23H24FN3O7S. The smallest absolute Gasteiger partial charge is 0.335 e. The monoisotopic (exact) mass is 505 g/mol. The minimum absolute atomic E-state index is 0.0771. The van der Waals surface area contributed by atoms with Crippen LogP contribution in [0.5, 0.6) is 5.75 Å². The Morgan fingerprint density at radius 2 is 1.94 bits per heavy atom. The van der Waals surface area contributed by atoms with Crippen LogP contribution in [-0.2, 0) is 21.4 Å². The zero-order valence-corrected chi connectivity index (χ0v) is 19.8. The van der Waals surface area contributed by atoms with Crippen LogP contribution in [0, 0.1) is 5.82 Å². The summed E-state index contributed by atoms with van der Waals surface area (Å²) in [7, 11) is -3.48. The zero-order valence-electron chi connectivity index (χ0n) is 19.0. The second-order valence-electron chi connectivity index (χ2n) is 7.51. The fraction of sp³-hybridized carbons (Fsp3) is 0.261. The number of hydrogen-bond acceptors (Lipinski definition) is 8. The van der Waals surface area contributed by atoms with Gasteiger partial charge in [-0.2, -0.15) is 0 Å². The van der Waals surface area contributed by atoms with Crippen molar-refractivity contribution in [2.24, 2.45) is 5.16 Å². The highest BCUT2D eigenvalue weighted by atomic mass is 32.2. The quantitative estimate of drug-likeness (QED) is 0.217. The van der Waals surface area contributed by atoms with E-state index in [1.54, 1.807) is 18.2 Å². The van der Waals surface area contributed by atoms with Crippen LogP contribution in [0.1, 0.15) is 35.0 Å². The molecule has 3 aromatic rings. The first-order chi connectivity index (χ1) is 16.6. The van der Waals surface area contributed by atoms with Crippen molar-refractivity contribution in [1.29, 1.82) is 0 Å². The van der Waals surface area contributed by atoms with Crippen molar-refractivity contribution in [1.82, 2.24) is 9.88 Å². The Morgan fingerprint density at radius 1 is 1.20 bits per heavy atom. The minimum Gasteiger partial charge on any atom is -0.487 e. The molecule has 0 fully saturated rings. The summed E-state index contributed by atoms with van der Waals surface area (Å²) in [5.74, 6) is -1.16. The van der Waals surface area contributed by atoms with E-state index in [0.717, 1.165) is 6.26 Å². The second-order valence-corrected chi connectivity index (χ2v) is 9.34. The van der Waals surface area contributed by atoms with Gasteiger partial charge in [0, 0.05) is 18.2 Å². The van der Waals surface area contributed by atoms with Crippen LogP contribution in [0.4, 0.5) is 4.39 Å². The lowest BCUT2D eigenvalue weighted by Crippen LogP contribution is -2.21. The number of carboxylic acid groups (broad SMARTS) is 1. The number of benzene rings is 2. The Kier molecular flexibility index (Phi) is 8.55. The van der Waals surface area contributed by atoms with E-state index >= 15 is 0 Å². The fourth-order valence-electron chi connectivity index (χ4n) is 2.86. The van der Waals surface area contributed by atoms with Crippen LogP contribution in [-0.4, -0.2) is 49.8 Å². The third kappa shape index (κ3) is 7.90. The molecule has 2 aromatic carbocycles. The molecule has 0 aliphatic rings. The van der Waals surface area contributed by atoms with E-state index in [4.69, 9.17) is 14.1 Å². The number of carbonyl (C=O) groups is 1. The number of nitrogens with one attached hydrogen (secondary N) is 1. The first-order valence-electron chi connectivity index (χ1n) is 10.5. The Hall–Kier alpha value is -3.77. The number of rotatable bonds is 12. The molecule has 35 heavy (non-hydrogen) atoms. The van der Waals surface area contributed by atoms with Crippen molar-refractivity contribution in [3.05, 3.63) is 71.2 Å². The van der Waals surface area contributed by atoms with E-state index in [1.165, 1.54) is 30.3 Å². The molecule has 0 unspecified atom stereocenters. The summed E-state index contributed by atoms with van der Waals surface area (Å²) in [6, 6.07) is 11.5. The van der Waals surface area contributed by atoms with Gasteiger partial charge in [0.15, 0.2) is 11.5 Å². The van der Waals surface area contributed by atoms with Gasteiger partial charge < -0.3 is 19.2 Å². The van der Waals surface area contributed by atoms with Crippen molar-refractivity contribution in [2.75, 3.05) is 19.5 Å². The van der Waals surface area contributed by atoms with Gasteiger partial charge in [-0.3, -0.25) is 0 Å². The molecule has 0 atom stereocenters. The van der Waals surface area contributed by atoms with Gasteiger partial charge in [-0.1, -0.05) is 17.2 Å². The molecule has 1 heterocycles. The number of sulfonamides is 1. The molecule has 0 bridgehead atoms. The summed E-state index contributed by atoms with van der Waals surface area (Å²) in [5, 5.41) is 17.4. The van der Waals surface area contributed by atoms with Crippen molar-refractivity contribution < 1.29 is 36.8 Å². The summed E-state index contributed by atoms with van der Waals surface area (Å²) in [5.41, 5.74) is 1.64. The standard InChI is InChI=1S/C23H24FN3O7S/c1-3-8-33-26-21(22-12-20(27-34-22)16-4-6-18(24)7-5-16)14-32-19-10-15(13-25-35(2,30)31)9-17(11-19)23(28)29/h4-7,9-12,25H,3,8,13-14H2,1-2H3,(H,28,29). The molecule has 2 N–H and O–H groups in total. The number of oxime groups is 1. The van der Waals surface area contributed by atoms with Crippen LogP contribution in [0.25, 0.3) is 11.3 Å². The first-order valence-corrected chi connectivity index (χ1v) is 12.4. The lowest BCUT2D eigenvalue weighted by atomic mass is 10.1. The predicted octanol–water partition coefficient (Wildman–Crippen LogP) is 3.44. The first kappa shape index (κ1) is 25.8. The van der Waals surface area contributed by atoms with Crippen molar-refractivity contribution in [2.45, 2.75) is 19.9 Å². The predicted molar refractivity (Wildman–Crippen MR) is 125 cm³/mol. The molecule has 0 saturated carbocycles. The minimum atomic E-state index is -3.48. The van der Waals surface area contributed by atoms with E-state index in [0.29, 0.717) is 29.8 Å². The number of halogens is 1. The lowest BCUT2D eigenvalue weighted by molar-refractivity contribution is 0.0696. The van der Waals surface area contributed by atoms with Crippen molar-refractivity contribution in [3.63, 3.8) is 0 Å². The highest BCUT2D eigenvalue weighted by Gasteiger charge is 2.16. The molecule has 0 saturated heterocycles. The van der Waals surface area contributed by atoms with E-state index in [9.17, 15) is 22.7 Å². The molecule has 0 spiro atoms. The van der Waals surface area contributed by atoms with Crippen LogP contribution in [0.3, 0.4) is 0 Å². The topological polar surface area (TPSA) is 140 Å². The fourth-order valence-corrected chi connectivity index (χ4v) is 3.29. The van der Waals surface area contributed by atoms with Gasteiger partial charge in [-0.05, 0) is 54.4 Å². The summed E-state index contributed by atoms with van der Waals surface area (Å²) in [6.45, 7) is 1.98. The van der Waals surface area contributed by atoms with E-state index in [2.05, 4.69) is 15.0 Å². The maximum absolute atomic E-state index is 13.2. The Balaban J connectivity index is 1.83. The van der Waals surface area contributed by atoms with Gasteiger partial charge in [-0.15, -0.1) is 0 Å². The number of aromatic nitrogens is 1. The number of carboxylic acids is 1. The number of hydrogen-bond donors (Lipinski definition) is 2. The summed E-state index contributed by atoms with van der Waals surface area (Å²) < 4.78 is 49.5. The highest BCUT2D eigenvalue weighted by Crippen LogP contribution is 2.22. The number of nitrogens with zero attached hydrogens (tertiary/aromatic N) is 2. The van der Waals surface area contributed by atoms with Gasteiger partial charge >= 0.3 is 5.97 Å². The average Bonchev–Trinajstić information content (AvgIpc) is 3.30. The Bertz CT molecular complexity index is 1300. The number of ether oxygens (including phenoxy) is 1. The van der Waals surface area contributed by atoms with Gasteiger partial charge in [0.25, 0.3) is 0 Å². The normalized spacial score (nSPS) is 11.9. The maximum atomic E-state index is 13.2.